The predicted molar refractivity (Wildman–Crippen MR) is 139 cm³/mol. The number of aromatic hydroxyl groups is 1. The average molecular weight is 527 g/mol. The molecule has 2 aliphatic heterocycles. The van der Waals surface area contributed by atoms with Gasteiger partial charge in [0.2, 0.25) is 5.91 Å². The van der Waals surface area contributed by atoms with Crippen LogP contribution in [0.5, 0.6) is 5.75 Å². The molecule has 0 radical (unpaired) electrons. The van der Waals surface area contributed by atoms with Gasteiger partial charge in [0.15, 0.2) is 5.82 Å². The van der Waals surface area contributed by atoms with Crippen molar-refractivity contribution >= 4 is 45.7 Å². The zero-order valence-corrected chi connectivity index (χ0v) is 21.3. The average Bonchev–Trinajstić information content (AvgIpc) is 2.84. The fraction of sp³-hybridized carbons (Fsp3) is 0.296. The Bertz CT molecular complexity index is 1460. The molecule has 3 aromatic rings. The van der Waals surface area contributed by atoms with Gasteiger partial charge in [0.05, 0.1) is 34.7 Å². The molecule has 0 spiro atoms. The fourth-order valence-electron chi connectivity index (χ4n) is 5.38. The van der Waals surface area contributed by atoms with Crippen LogP contribution in [-0.4, -0.2) is 58.0 Å². The fourth-order valence-corrected chi connectivity index (χ4v) is 5.66. The Kier molecular flexibility index (Phi) is 6.06. The third-order valence-electron chi connectivity index (χ3n) is 7.03. The lowest BCUT2D eigenvalue weighted by atomic mass is 9.95. The molecule has 7 nitrogen and oxygen atoms in total. The Hall–Kier alpha value is -3.72. The van der Waals surface area contributed by atoms with Crippen molar-refractivity contribution < 1.29 is 23.5 Å². The highest BCUT2D eigenvalue weighted by Gasteiger charge is 2.46. The van der Waals surface area contributed by atoms with Crippen molar-refractivity contribution in [3.63, 3.8) is 0 Å². The van der Waals surface area contributed by atoms with Crippen LogP contribution in [-0.2, 0) is 9.59 Å². The predicted octanol–water partition coefficient (Wildman–Crippen LogP) is 4.89. The molecular formula is C27H25ClF2N4O3. The number of amides is 2. The molecule has 2 amide bonds. The van der Waals surface area contributed by atoms with Crippen molar-refractivity contribution in [2.75, 3.05) is 22.9 Å². The van der Waals surface area contributed by atoms with E-state index in [-0.39, 0.29) is 52.1 Å². The summed E-state index contributed by atoms with van der Waals surface area (Å²) in [5.74, 6) is -2.64. The van der Waals surface area contributed by atoms with Crippen LogP contribution in [0, 0.1) is 11.6 Å². The topological polar surface area (TPSA) is 77.0 Å². The lowest BCUT2D eigenvalue weighted by Gasteiger charge is -2.51. The summed E-state index contributed by atoms with van der Waals surface area (Å²) >= 11 is 6.54. The molecule has 192 valence electrons. The second-order valence-electron chi connectivity index (χ2n) is 9.58. The Morgan fingerprint density at radius 2 is 2.00 bits per heavy atom. The number of carbonyl (C=O) groups is 2. The van der Waals surface area contributed by atoms with Crippen LogP contribution in [0.1, 0.15) is 20.8 Å². The number of phenols is 1. The molecule has 3 heterocycles. The van der Waals surface area contributed by atoms with Crippen molar-refractivity contribution in [2.45, 2.75) is 38.9 Å². The van der Waals surface area contributed by atoms with Crippen LogP contribution in [0.25, 0.3) is 22.0 Å². The second kappa shape index (κ2) is 8.99. The quantitative estimate of drug-likeness (QED) is 0.492. The summed E-state index contributed by atoms with van der Waals surface area (Å²) in [5.41, 5.74) is 0.335. The lowest BCUT2D eigenvalue weighted by molar-refractivity contribution is -0.130. The molecular weight excluding hydrogens is 502 g/mol. The maximum Gasteiger partial charge on any atom is 0.251 e. The molecule has 0 aliphatic carbocycles. The molecule has 2 unspecified atom stereocenters. The van der Waals surface area contributed by atoms with Crippen molar-refractivity contribution in [1.82, 2.24) is 9.88 Å². The molecule has 2 aliphatic rings. The molecule has 1 aromatic heterocycles. The van der Waals surface area contributed by atoms with Crippen LogP contribution in [0.2, 0.25) is 5.02 Å². The van der Waals surface area contributed by atoms with Gasteiger partial charge in [-0.3, -0.25) is 14.6 Å². The number of anilines is 2. The maximum absolute atomic E-state index is 16.0. The van der Waals surface area contributed by atoms with Crippen LogP contribution < -0.4 is 9.80 Å². The van der Waals surface area contributed by atoms with Crippen LogP contribution >= 0.6 is 11.6 Å². The number of aromatic nitrogens is 1. The van der Waals surface area contributed by atoms with Gasteiger partial charge in [0.1, 0.15) is 23.1 Å². The number of phenolic OH excluding ortho intramolecular Hbond substituents is 1. The minimum Gasteiger partial charge on any atom is -0.507 e. The Morgan fingerprint density at radius 3 is 2.65 bits per heavy atom. The monoisotopic (exact) mass is 526 g/mol. The Morgan fingerprint density at radius 1 is 1.27 bits per heavy atom. The summed E-state index contributed by atoms with van der Waals surface area (Å²) in [4.78, 5) is 35.5. The molecule has 1 N–H and O–H groups in total. The van der Waals surface area contributed by atoms with Gasteiger partial charge in [-0.1, -0.05) is 24.2 Å². The number of pyridine rings is 1. The maximum atomic E-state index is 16.0. The highest BCUT2D eigenvalue weighted by atomic mass is 35.5. The van der Waals surface area contributed by atoms with Gasteiger partial charge in [-0.15, -0.1) is 0 Å². The molecule has 5 rings (SSSR count). The van der Waals surface area contributed by atoms with Gasteiger partial charge in [-0.05, 0) is 45.0 Å². The normalized spacial score (nSPS) is 19.3. The van der Waals surface area contributed by atoms with E-state index < -0.39 is 23.4 Å². The summed E-state index contributed by atoms with van der Waals surface area (Å²) in [7, 11) is 0. The van der Waals surface area contributed by atoms with E-state index in [9.17, 15) is 19.1 Å². The van der Waals surface area contributed by atoms with Gasteiger partial charge in [0.25, 0.3) is 5.91 Å². The zero-order chi connectivity index (χ0) is 26.8. The second-order valence-corrected chi connectivity index (χ2v) is 9.99. The first-order valence-corrected chi connectivity index (χ1v) is 12.3. The van der Waals surface area contributed by atoms with E-state index in [2.05, 4.69) is 11.6 Å². The van der Waals surface area contributed by atoms with E-state index in [1.807, 2.05) is 25.7 Å². The third kappa shape index (κ3) is 3.71. The minimum atomic E-state index is -0.885. The summed E-state index contributed by atoms with van der Waals surface area (Å²) in [5, 5.41) is 10.5. The first-order valence-electron chi connectivity index (χ1n) is 11.9. The number of rotatable bonds is 3. The number of halogens is 3. The number of nitrogens with zero attached hydrogens (tertiary/aromatic N) is 4. The molecule has 2 atom stereocenters. The largest absolute Gasteiger partial charge is 0.507 e. The number of fused-ring (bicyclic) bond motifs is 5. The molecule has 0 bridgehead atoms. The third-order valence-corrected chi connectivity index (χ3v) is 7.33. The zero-order valence-electron chi connectivity index (χ0n) is 20.5. The highest BCUT2D eigenvalue weighted by molar-refractivity contribution is 6.34. The summed E-state index contributed by atoms with van der Waals surface area (Å²) in [6.45, 7) is 9.60. The van der Waals surface area contributed by atoms with Gasteiger partial charge >= 0.3 is 0 Å². The van der Waals surface area contributed by atoms with E-state index in [1.165, 1.54) is 30.5 Å². The first-order chi connectivity index (χ1) is 17.6. The van der Waals surface area contributed by atoms with E-state index in [1.54, 1.807) is 9.80 Å². The van der Waals surface area contributed by atoms with Gasteiger partial charge < -0.3 is 19.8 Å². The number of hydrogen-bond acceptors (Lipinski definition) is 5. The molecule has 1 fully saturated rings. The number of piperazine rings is 1. The van der Waals surface area contributed by atoms with Crippen molar-refractivity contribution in [3.05, 3.63) is 59.8 Å². The molecule has 10 heteroatoms. The number of benzene rings is 2. The lowest BCUT2D eigenvalue weighted by Crippen LogP contribution is -2.66. The Labute approximate surface area is 217 Å². The van der Waals surface area contributed by atoms with E-state index in [4.69, 9.17) is 11.6 Å². The van der Waals surface area contributed by atoms with Crippen molar-refractivity contribution in [3.8, 4) is 16.9 Å². The smallest absolute Gasteiger partial charge is 0.251 e. The van der Waals surface area contributed by atoms with Crippen LogP contribution in [0.3, 0.4) is 0 Å². The van der Waals surface area contributed by atoms with E-state index in [0.29, 0.717) is 23.3 Å². The molecule has 0 saturated carbocycles. The van der Waals surface area contributed by atoms with E-state index in [0.717, 1.165) is 6.07 Å². The summed E-state index contributed by atoms with van der Waals surface area (Å²) < 4.78 is 30.7. The van der Waals surface area contributed by atoms with Crippen molar-refractivity contribution in [2.24, 2.45) is 0 Å². The first kappa shape index (κ1) is 25.0. The highest BCUT2D eigenvalue weighted by Crippen LogP contribution is 2.47. The number of hydrogen-bond donors (Lipinski definition) is 1. The molecule has 1 saturated heterocycles. The van der Waals surface area contributed by atoms with Gasteiger partial charge in [0, 0.05) is 29.6 Å². The van der Waals surface area contributed by atoms with E-state index >= 15 is 4.39 Å². The standard InChI is InChI=1S/C27H25ClF2N4O3/c1-5-21(36)32-12-19-27(37)34(13(2)3)18-10-31-25-15(26(18)33(19)11-14(32)4)9-16(28)22(24(25)30)23-17(29)7-6-8-20(23)35/h5-10,13-14,19,35H,1,11-12H2,2-4H3. The SMILES string of the molecule is C=CC(=O)N1CC2C(=O)N(C(C)C)c3cnc4c(F)c(-c5c(O)cccc5F)c(Cl)cc4c3N2CC1C. The van der Waals surface area contributed by atoms with Gasteiger partial charge in [-0.2, -0.15) is 0 Å². The molecule has 37 heavy (non-hydrogen) atoms. The Balaban J connectivity index is 1.77. The summed E-state index contributed by atoms with van der Waals surface area (Å²) in [6.07, 6.45) is 2.65. The summed E-state index contributed by atoms with van der Waals surface area (Å²) in [6, 6.07) is 3.95. The molecule has 2 aromatic carbocycles. The van der Waals surface area contributed by atoms with Crippen molar-refractivity contribution in [1.29, 1.82) is 0 Å². The van der Waals surface area contributed by atoms with Crippen LogP contribution in [0.15, 0.2) is 43.1 Å². The van der Waals surface area contributed by atoms with Gasteiger partial charge in [-0.25, -0.2) is 8.78 Å². The van der Waals surface area contributed by atoms with Crippen LogP contribution in [0.4, 0.5) is 20.2 Å². The number of carbonyl (C=O) groups excluding carboxylic acids is 2. The minimum absolute atomic E-state index is 0.0742.